The van der Waals surface area contributed by atoms with Gasteiger partial charge in [-0.25, -0.2) is 8.78 Å². The molecule has 0 saturated heterocycles. The Morgan fingerprint density at radius 3 is 2.27 bits per heavy atom. The van der Waals surface area contributed by atoms with Gasteiger partial charge in [0.25, 0.3) is 5.91 Å². The first-order valence-electron chi connectivity index (χ1n) is 14.1. The number of aliphatic hydroxyl groups excluding tert-OH is 1. The summed E-state index contributed by atoms with van der Waals surface area (Å²) in [6, 6.07) is 19.3. The van der Waals surface area contributed by atoms with Crippen molar-refractivity contribution in [3.8, 4) is 5.75 Å². The van der Waals surface area contributed by atoms with Crippen LogP contribution in [0.15, 0.2) is 72.8 Å². The number of rotatable bonds is 10. The molecule has 0 bridgehead atoms. The molecule has 0 radical (unpaired) electrons. The van der Waals surface area contributed by atoms with Crippen LogP contribution < -0.4 is 15.4 Å². The molecule has 40 heavy (non-hydrogen) atoms. The Morgan fingerprint density at radius 1 is 0.950 bits per heavy atom. The van der Waals surface area contributed by atoms with Crippen molar-refractivity contribution in [1.82, 2.24) is 10.6 Å². The Kier molecular flexibility index (Phi) is 9.59. The minimum atomic E-state index is -1.02. The zero-order chi connectivity index (χ0) is 28.8. The number of carbonyl (C=O) groups excluding carboxylic acids is 1. The number of carbonyl (C=O) groups is 1. The van der Waals surface area contributed by atoms with E-state index in [1.165, 1.54) is 12.1 Å². The highest BCUT2D eigenvalue weighted by Crippen LogP contribution is 2.38. The molecule has 4 rings (SSSR count). The summed E-state index contributed by atoms with van der Waals surface area (Å²) in [7, 11) is 0. The van der Waals surface area contributed by atoms with E-state index >= 15 is 0 Å². The van der Waals surface area contributed by atoms with Gasteiger partial charge in [0.2, 0.25) is 0 Å². The Bertz CT molecular complexity index is 1250. The molecule has 0 spiro atoms. The van der Waals surface area contributed by atoms with E-state index in [4.69, 9.17) is 4.74 Å². The fourth-order valence-corrected chi connectivity index (χ4v) is 5.48. The maximum atomic E-state index is 14.0. The first-order valence-corrected chi connectivity index (χ1v) is 14.1. The number of hydrogen-bond acceptors (Lipinski definition) is 4. The molecule has 1 saturated carbocycles. The largest absolute Gasteiger partial charge is 0.488 e. The Balaban J connectivity index is 1.56. The van der Waals surface area contributed by atoms with E-state index in [0.29, 0.717) is 11.1 Å². The van der Waals surface area contributed by atoms with Crippen molar-refractivity contribution in [3.63, 3.8) is 0 Å². The van der Waals surface area contributed by atoms with Crippen molar-refractivity contribution in [2.24, 2.45) is 0 Å². The molecule has 3 N–H and O–H groups in total. The summed E-state index contributed by atoms with van der Waals surface area (Å²) in [5.74, 6) is -0.970. The first kappa shape index (κ1) is 29.7. The van der Waals surface area contributed by atoms with Gasteiger partial charge in [-0.15, -0.1) is 0 Å². The molecule has 2 unspecified atom stereocenters. The summed E-state index contributed by atoms with van der Waals surface area (Å²) < 4.78 is 34.0. The average molecular weight is 551 g/mol. The smallest absolute Gasteiger partial charge is 0.251 e. The minimum Gasteiger partial charge on any atom is -0.488 e. The van der Waals surface area contributed by atoms with Crippen LogP contribution in [0.4, 0.5) is 8.78 Å². The lowest BCUT2D eigenvalue weighted by atomic mass is 9.76. The minimum absolute atomic E-state index is 0.0675. The number of aliphatic hydroxyl groups is 1. The molecular weight excluding hydrogens is 510 g/mol. The molecule has 7 heteroatoms. The normalized spacial score (nSPS) is 16.6. The van der Waals surface area contributed by atoms with Gasteiger partial charge in [0.05, 0.1) is 12.1 Å². The summed E-state index contributed by atoms with van der Waals surface area (Å²) in [4.78, 5) is 13.0. The highest BCUT2D eigenvalue weighted by Gasteiger charge is 2.35. The Morgan fingerprint density at radius 2 is 1.62 bits per heavy atom. The molecule has 0 aromatic heterocycles. The van der Waals surface area contributed by atoms with Crippen LogP contribution in [0.3, 0.4) is 0 Å². The van der Waals surface area contributed by atoms with Crippen LogP contribution in [-0.4, -0.2) is 35.3 Å². The molecule has 1 aliphatic carbocycles. The van der Waals surface area contributed by atoms with Crippen molar-refractivity contribution >= 4 is 5.91 Å². The van der Waals surface area contributed by atoms with Crippen molar-refractivity contribution in [2.75, 3.05) is 6.54 Å². The van der Waals surface area contributed by atoms with Gasteiger partial charge in [-0.1, -0.05) is 49.6 Å². The monoisotopic (exact) mass is 550 g/mol. The van der Waals surface area contributed by atoms with E-state index in [1.807, 2.05) is 39.0 Å². The van der Waals surface area contributed by atoms with Gasteiger partial charge in [-0.3, -0.25) is 4.79 Å². The van der Waals surface area contributed by atoms with Gasteiger partial charge in [0, 0.05) is 23.7 Å². The van der Waals surface area contributed by atoms with Gasteiger partial charge in [-0.05, 0) is 87.6 Å². The fraction of sp³-hybridized carbons (Fsp3) is 0.424. The summed E-state index contributed by atoms with van der Waals surface area (Å²) in [6.45, 7) is 6.22. The molecule has 3 aromatic carbocycles. The standard InChI is InChI=1S/C33H40F2N2O3/c1-32(2,3)40-28-14-10-13-25(20-28)33(15-8-5-9-16-33)36-22-30(38)29(19-23-17-26(34)21-27(35)18-23)37-31(39)24-11-6-4-7-12-24/h4,6-7,10-14,17-18,20-21,29-30,36,38H,5,8-9,15-16,19,22H2,1-3H3,(H,37,39). The van der Waals surface area contributed by atoms with Gasteiger partial charge in [0.15, 0.2) is 0 Å². The average Bonchev–Trinajstić information content (AvgIpc) is 2.91. The van der Waals surface area contributed by atoms with E-state index in [1.54, 1.807) is 24.3 Å². The summed E-state index contributed by atoms with van der Waals surface area (Å²) >= 11 is 0. The number of amides is 1. The van der Waals surface area contributed by atoms with Crippen LogP contribution >= 0.6 is 0 Å². The second-order valence-electron chi connectivity index (χ2n) is 11.8. The van der Waals surface area contributed by atoms with Crippen molar-refractivity contribution in [2.45, 2.75) is 82.6 Å². The third-order valence-corrected chi connectivity index (χ3v) is 7.36. The third-order valence-electron chi connectivity index (χ3n) is 7.36. The van der Waals surface area contributed by atoms with Gasteiger partial charge >= 0.3 is 0 Å². The second kappa shape index (κ2) is 12.9. The summed E-state index contributed by atoms with van der Waals surface area (Å²) in [5.41, 5.74) is 1.20. The molecule has 1 fully saturated rings. The molecule has 1 amide bonds. The SMILES string of the molecule is CC(C)(C)Oc1cccc(C2(NCC(O)C(Cc3cc(F)cc(F)c3)NC(=O)c3ccccc3)CCCCC2)c1. The summed E-state index contributed by atoms with van der Waals surface area (Å²) in [5, 5.41) is 18.0. The molecule has 5 nitrogen and oxygen atoms in total. The van der Waals surface area contributed by atoms with Crippen molar-refractivity contribution in [1.29, 1.82) is 0 Å². The highest BCUT2D eigenvalue weighted by molar-refractivity contribution is 5.94. The van der Waals surface area contributed by atoms with Crippen LogP contribution in [0, 0.1) is 11.6 Å². The van der Waals surface area contributed by atoms with E-state index in [0.717, 1.165) is 49.5 Å². The zero-order valence-electron chi connectivity index (χ0n) is 23.6. The predicted molar refractivity (Wildman–Crippen MR) is 153 cm³/mol. The molecule has 214 valence electrons. The number of nitrogens with one attached hydrogen (secondary N) is 2. The van der Waals surface area contributed by atoms with Gasteiger partial charge in [-0.2, -0.15) is 0 Å². The number of ether oxygens (including phenoxy) is 1. The maximum absolute atomic E-state index is 14.0. The Hall–Kier alpha value is -3.29. The molecule has 2 atom stereocenters. The van der Waals surface area contributed by atoms with Crippen LogP contribution in [0.1, 0.15) is 74.4 Å². The summed E-state index contributed by atoms with van der Waals surface area (Å²) in [6.07, 6.45) is 4.08. The van der Waals surface area contributed by atoms with Gasteiger partial charge in [0.1, 0.15) is 23.0 Å². The zero-order valence-corrected chi connectivity index (χ0v) is 23.6. The molecule has 1 aliphatic rings. The van der Waals surface area contributed by atoms with Crippen LogP contribution in [0.5, 0.6) is 5.75 Å². The van der Waals surface area contributed by atoms with E-state index in [9.17, 15) is 18.7 Å². The quantitative estimate of drug-likeness (QED) is 0.277. The number of benzene rings is 3. The van der Waals surface area contributed by atoms with E-state index in [-0.39, 0.29) is 30.0 Å². The van der Waals surface area contributed by atoms with Crippen molar-refractivity contribution in [3.05, 3.63) is 101 Å². The lowest BCUT2D eigenvalue weighted by molar-refractivity contribution is 0.0787. The number of halogens is 2. The predicted octanol–water partition coefficient (Wildman–Crippen LogP) is 6.29. The highest BCUT2D eigenvalue weighted by atomic mass is 19.1. The Labute approximate surface area is 236 Å². The lowest BCUT2D eigenvalue weighted by Gasteiger charge is -2.40. The van der Waals surface area contributed by atoms with Crippen LogP contribution in [0.25, 0.3) is 0 Å². The molecular formula is C33H40F2N2O3. The van der Waals surface area contributed by atoms with Gasteiger partial charge < -0.3 is 20.5 Å². The molecule has 0 heterocycles. The number of hydrogen-bond donors (Lipinski definition) is 3. The molecule has 0 aliphatic heterocycles. The fourth-order valence-electron chi connectivity index (χ4n) is 5.48. The van der Waals surface area contributed by atoms with Crippen LogP contribution in [0.2, 0.25) is 0 Å². The topological polar surface area (TPSA) is 70.6 Å². The second-order valence-corrected chi connectivity index (χ2v) is 11.8. The lowest BCUT2D eigenvalue weighted by Crippen LogP contribution is -2.53. The first-order chi connectivity index (χ1) is 19.0. The third kappa shape index (κ3) is 8.12. The maximum Gasteiger partial charge on any atom is 0.251 e. The van der Waals surface area contributed by atoms with Crippen LogP contribution in [-0.2, 0) is 12.0 Å². The van der Waals surface area contributed by atoms with Crippen molar-refractivity contribution < 1.29 is 23.4 Å². The van der Waals surface area contributed by atoms with E-state index in [2.05, 4.69) is 22.8 Å². The molecule has 3 aromatic rings. The van der Waals surface area contributed by atoms with E-state index < -0.39 is 23.8 Å².